The van der Waals surface area contributed by atoms with Crippen molar-refractivity contribution in [2.75, 3.05) is 0 Å². The molecule has 0 N–H and O–H groups in total. The maximum absolute atomic E-state index is 11.4. The van der Waals surface area contributed by atoms with Crippen molar-refractivity contribution >= 4 is 5.78 Å². The van der Waals surface area contributed by atoms with Crippen LogP contribution >= 0.6 is 0 Å². The van der Waals surface area contributed by atoms with Gasteiger partial charge >= 0.3 is 0 Å². The van der Waals surface area contributed by atoms with Gasteiger partial charge in [-0.1, -0.05) is 48.4 Å². The Morgan fingerprint density at radius 2 is 1.70 bits per heavy atom. The number of hydrogen-bond acceptors (Lipinski definition) is 2. The molecule has 0 aliphatic carbocycles. The lowest BCUT2D eigenvalue weighted by molar-refractivity contribution is -0.113. The summed E-state index contributed by atoms with van der Waals surface area (Å²) < 4.78 is 5.69. The second kappa shape index (κ2) is 7.16. The van der Waals surface area contributed by atoms with Crippen LogP contribution < -0.4 is 4.74 Å². The van der Waals surface area contributed by atoms with Crippen molar-refractivity contribution in [3.05, 3.63) is 65.7 Å². The molecule has 0 aromatic heterocycles. The maximum atomic E-state index is 11.4. The first-order valence-electron chi connectivity index (χ1n) is 6.49. The van der Waals surface area contributed by atoms with Gasteiger partial charge in [0.15, 0.2) is 0 Å². The normalized spacial score (nSPS) is 9.45. The van der Waals surface area contributed by atoms with Crippen LogP contribution in [-0.2, 0) is 17.8 Å². The van der Waals surface area contributed by atoms with Crippen LogP contribution in [0.25, 0.3) is 0 Å². The summed E-state index contributed by atoms with van der Waals surface area (Å²) in [6.45, 7) is 2.21. The van der Waals surface area contributed by atoms with Crippen molar-refractivity contribution in [3.8, 4) is 17.6 Å². The second-order valence-corrected chi connectivity index (χ2v) is 4.39. The SMILES string of the molecule is CC#CC(=O)Cc1ccc(OCc2ccccc2)cc1. The molecule has 20 heavy (non-hydrogen) atoms. The van der Waals surface area contributed by atoms with Gasteiger partial charge in [0.25, 0.3) is 0 Å². The Kier molecular flexibility index (Phi) is 4.97. The zero-order chi connectivity index (χ0) is 14.2. The lowest BCUT2D eigenvalue weighted by Crippen LogP contribution is -1.99. The van der Waals surface area contributed by atoms with Gasteiger partial charge in [-0.25, -0.2) is 0 Å². The zero-order valence-corrected chi connectivity index (χ0v) is 11.4. The minimum atomic E-state index is -0.0644. The van der Waals surface area contributed by atoms with E-state index in [1.165, 1.54) is 0 Å². The largest absolute Gasteiger partial charge is 0.489 e. The molecular formula is C18H16O2. The van der Waals surface area contributed by atoms with Crippen LogP contribution in [0.5, 0.6) is 5.75 Å². The van der Waals surface area contributed by atoms with Gasteiger partial charge in [-0.3, -0.25) is 4.79 Å². The Bertz CT molecular complexity index is 616. The van der Waals surface area contributed by atoms with E-state index in [9.17, 15) is 4.79 Å². The molecule has 0 bridgehead atoms. The van der Waals surface area contributed by atoms with Gasteiger partial charge in [0.2, 0.25) is 5.78 Å². The van der Waals surface area contributed by atoms with Crippen molar-refractivity contribution in [1.82, 2.24) is 0 Å². The molecule has 2 aromatic carbocycles. The first kappa shape index (κ1) is 13.9. The Morgan fingerprint density at radius 1 is 1.00 bits per heavy atom. The fourth-order valence-corrected chi connectivity index (χ4v) is 1.81. The molecule has 0 fully saturated rings. The fraction of sp³-hybridized carbons (Fsp3) is 0.167. The predicted octanol–water partition coefficient (Wildman–Crippen LogP) is 3.40. The van der Waals surface area contributed by atoms with Crippen molar-refractivity contribution in [3.63, 3.8) is 0 Å². The highest BCUT2D eigenvalue weighted by Gasteiger charge is 2.01. The number of carbonyl (C=O) groups excluding carboxylic acids is 1. The van der Waals surface area contributed by atoms with E-state index < -0.39 is 0 Å². The van der Waals surface area contributed by atoms with E-state index in [0.29, 0.717) is 13.0 Å². The molecule has 2 rings (SSSR count). The number of rotatable bonds is 5. The molecule has 2 aromatic rings. The molecule has 0 radical (unpaired) electrons. The van der Waals surface area contributed by atoms with Gasteiger partial charge in [0.05, 0.1) is 0 Å². The standard InChI is InChI=1S/C18H16O2/c1-2-6-17(19)13-15-9-11-18(12-10-15)20-14-16-7-4-3-5-8-16/h3-5,7-12H,13-14H2,1H3. The highest BCUT2D eigenvalue weighted by molar-refractivity contribution is 5.96. The van der Waals surface area contributed by atoms with Gasteiger partial charge < -0.3 is 4.74 Å². The molecule has 0 spiro atoms. The van der Waals surface area contributed by atoms with Crippen LogP contribution in [0.2, 0.25) is 0 Å². The Balaban J connectivity index is 1.91. The van der Waals surface area contributed by atoms with E-state index in [1.54, 1.807) is 6.92 Å². The fourth-order valence-electron chi connectivity index (χ4n) is 1.81. The first-order chi connectivity index (χ1) is 9.78. The summed E-state index contributed by atoms with van der Waals surface area (Å²) in [6, 6.07) is 17.6. The van der Waals surface area contributed by atoms with E-state index in [-0.39, 0.29) is 5.78 Å². The number of carbonyl (C=O) groups is 1. The highest BCUT2D eigenvalue weighted by atomic mass is 16.5. The first-order valence-corrected chi connectivity index (χ1v) is 6.49. The van der Waals surface area contributed by atoms with Gasteiger partial charge in [-0.15, -0.1) is 0 Å². The van der Waals surface area contributed by atoms with Crippen LogP contribution in [0.1, 0.15) is 18.1 Å². The zero-order valence-electron chi connectivity index (χ0n) is 11.4. The average Bonchev–Trinajstić information content (AvgIpc) is 2.48. The van der Waals surface area contributed by atoms with E-state index in [2.05, 4.69) is 11.8 Å². The molecule has 0 atom stereocenters. The number of Topliss-reactive ketones (excluding diaryl/α,β-unsaturated/α-hetero) is 1. The minimum absolute atomic E-state index is 0.0644. The maximum Gasteiger partial charge on any atom is 0.209 e. The van der Waals surface area contributed by atoms with E-state index in [4.69, 9.17) is 4.74 Å². The number of ether oxygens (including phenoxy) is 1. The molecule has 100 valence electrons. The molecular weight excluding hydrogens is 248 g/mol. The summed E-state index contributed by atoms with van der Waals surface area (Å²) in [5.41, 5.74) is 2.08. The number of ketones is 1. The van der Waals surface area contributed by atoms with Gasteiger partial charge in [-0.2, -0.15) is 0 Å². The third-order valence-electron chi connectivity index (χ3n) is 2.80. The molecule has 0 heterocycles. The average molecular weight is 264 g/mol. The lowest BCUT2D eigenvalue weighted by Gasteiger charge is -2.06. The Labute approximate surface area is 119 Å². The lowest BCUT2D eigenvalue weighted by atomic mass is 10.1. The van der Waals surface area contributed by atoms with Crippen molar-refractivity contribution < 1.29 is 9.53 Å². The topological polar surface area (TPSA) is 26.3 Å². The molecule has 0 aliphatic heterocycles. The molecule has 0 amide bonds. The van der Waals surface area contributed by atoms with Gasteiger partial charge in [-0.05, 0) is 36.1 Å². The molecule has 0 unspecified atom stereocenters. The summed E-state index contributed by atoms with van der Waals surface area (Å²) in [5, 5.41) is 0. The van der Waals surface area contributed by atoms with Crippen molar-refractivity contribution in [2.24, 2.45) is 0 Å². The van der Waals surface area contributed by atoms with E-state index >= 15 is 0 Å². The van der Waals surface area contributed by atoms with Crippen LogP contribution in [0, 0.1) is 11.8 Å². The molecule has 2 heteroatoms. The Hall–Kier alpha value is -2.53. The summed E-state index contributed by atoms with van der Waals surface area (Å²) in [7, 11) is 0. The molecule has 2 nitrogen and oxygen atoms in total. The van der Waals surface area contributed by atoms with Crippen LogP contribution in [0.4, 0.5) is 0 Å². The van der Waals surface area contributed by atoms with Crippen molar-refractivity contribution in [1.29, 1.82) is 0 Å². The predicted molar refractivity (Wildman–Crippen MR) is 79.4 cm³/mol. The summed E-state index contributed by atoms with van der Waals surface area (Å²) in [5.74, 6) is 5.88. The van der Waals surface area contributed by atoms with Gasteiger partial charge in [0, 0.05) is 6.42 Å². The molecule has 0 aliphatic rings. The van der Waals surface area contributed by atoms with E-state index in [0.717, 1.165) is 16.9 Å². The van der Waals surface area contributed by atoms with Crippen LogP contribution in [0.3, 0.4) is 0 Å². The van der Waals surface area contributed by atoms with Crippen LogP contribution in [0.15, 0.2) is 54.6 Å². The van der Waals surface area contributed by atoms with Crippen LogP contribution in [-0.4, -0.2) is 5.78 Å². The smallest absolute Gasteiger partial charge is 0.209 e. The minimum Gasteiger partial charge on any atom is -0.489 e. The quantitative estimate of drug-likeness (QED) is 0.611. The molecule has 0 saturated carbocycles. The third kappa shape index (κ3) is 4.29. The third-order valence-corrected chi connectivity index (χ3v) is 2.80. The van der Waals surface area contributed by atoms with Gasteiger partial charge in [0.1, 0.15) is 12.4 Å². The Morgan fingerprint density at radius 3 is 2.35 bits per heavy atom. The summed E-state index contributed by atoms with van der Waals surface area (Å²) >= 11 is 0. The summed E-state index contributed by atoms with van der Waals surface area (Å²) in [4.78, 5) is 11.4. The molecule has 0 saturated heterocycles. The van der Waals surface area contributed by atoms with Crippen molar-refractivity contribution in [2.45, 2.75) is 20.0 Å². The van der Waals surface area contributed by atoms with E-state index in [1.807, 2.05) is 54.6 Å². The summed E-state index contributed by atoms with van der Waals surface area (Å²) in [6.07, 6.45) is 0.347. The second-order valence-electron chi connectivity index (χ2n) is 4.39. The number of benzene rings is 2. The highest BCUT2D eigenvalue weighted by Crippen LogP contribution is 2.14. The monoisotopic (exact) mass is 264 g/mol. The number of hydrogen-bond donors (Lipinski definition) is 0.